The summed E-state index contributed by atoms with van der Waals surface area (Å²) in [6.07, 6.45) is 7.12. The predicted molar refractivity (Wildman–Crippen MR) is 94.2 cm³/mol. The number of nitrogens with zero attached hydrogens (tertiary/aromatic N) is 3. The second-order valence-corrected chi connectivity index (χ2v) is 7.32. The van der Waals surface area contributed by atoms with Crippen molar-refractivity contribution in [2.45, 2.75) is 51.1 Å². The second-order valence-electron chi connectivity index (χ2n) is 7.32. The molecule has 26 heavy (non-hydrogen) atoms. The summed E-state index contributed by atoms with van der Waals surface area (Å²) in [6, 6.07) is 2.57. The third-order valence-electron chi connectivity index (χ3n) is 5.70. The van der Waals surface area contributed by atoms with Gasteiger partial charge in [-0.3, -0.25) is 14.0 Å². The number of amides is 1. The molecule has 1 amide bonds. The van der Waals surface area contributed by atoms with Crippen LogP contribution in [0.2, 0.25) is 0 Å². The van der Waals surface area contributed by atoms with E-state index in [1.165, 1.54) is 15.5 Å². The highest BCUT2D eigenvalue weighted by Crippen LogP contribution is 2.40. The third-order valence-corrected chi connectivity index (χ3v) is 5.70. The van der Waals surface area contributed by atoms with Gasteiger partial charge in [0.2, 0.25) is 0 Å². The van der Waals surface area contributed by atoms with E-state index < -0.39 is 23.5 Å². The van der Waals surface area contributed by atoms with E-state index in [1.54, 1.807) is 18.3 Å². The second kappa shape index (κ2) is 6.23. The Morgan fingerprint density at radius 2 is 2.04 bits per heavy atom. The maximum absolute atomic E-state index is 13.2. The van der Waals surface area contributed by atoms with Gasteiger partial charge in [0.25, 0.3) is 11.5 Å². The van der Waals surface area contributed by atoms with Crippen LogP contribution in [0.4, 0.5) is 0 Å². The molecule has 0 unspecified atom stereocenters. The minimum atomic E-state index is -1.00. The molecule has 0 radical (unpaired) electrons. The normalized spacial score (nSPS) is 25.3. The van der Waals surface area contributed by atoms with Crippen LogP contribution in [0.15, 0.2) is 29.3 Å². The van der Waals surface area contributed by atoms with Crippen LogP contribution in [0.25, 0.3) is 5.65 Å². The van der Waals surface area contributed by atoms with Crippen molar-refractivity contribution < 1.29 is 14.7 Å². The van der Waals surface area contributed by atoms with Crippen LogP contribution in [0, 0.1) is 12.8 Å². The topological polar surface area (TPSA) is 92.0 Å². The first kappa shape index (κ1) is 16.8. The molecule has 0 aromatic carbocycles. The van der Waals surface area contributed by atoms with Crippen LogP contribution in [0.1, 0.15) is 48.0 Å². The third kappa shape index (κ3) is 2.58. The van der Waals surface area contributed by atoms with Gasteiger partial charge in [-0.15, -0.1) is 0 Å². The number of fused-ring (bicyclic) bond motifs is 2. The molecule has 7 nitrogen and oxygen atoms in total. The Morgan fingerprint density at radius 1 is 1.27 bits per heavy atom. The van der Waals surface area contributed by atoms with E-state index in [0.717, 1.165) is 31.2 Å². The van der Waals surface area contributed by atoms with Gasteiger partial charge < -0.3 is 10.0 Å². The summed E-state index contributed by atoms with van der Waals surface area (Å²) in [5, 5.41) is 9.61. The molecule has 4 rings (SSSR count). The van der Waals surface area contributed by atoms with Crippen molar-refractivity contribution in [2.75, 3.05) is 0 Å². The highest BCUT2D eigenvalue weighted by Gasteiger charge is 2.48. The highest BCUT2D eigenvalue weighted by molar-refractivity contribution is 5.97. The minimum Gasteiger partial charge on any atom is -0.480 e. The van der Waals surface area contributed by atoms with E-state index in [-0.39, 0.29) is 17.5 Å². The lowest BCUT2D eigenvalue weighted by molar-refractivity contribution is -0.141. The molecule has 1 N–H and O–H groups in total. The fourth-order valence-corrected chi connectivity index (χ4v) is 4.44. The molecule has 0 spiro atoms. The first-order valence-corrected chi connectivity index (χ1v) is 9.01. The van der Waals surface area contributed by atoms with Gasteiger partial charge in [-0.25, -0.2) is 9.78 Å². The summed E-state index contributed by atoms with van der Waals surface area (Å²) < 4.78 is 1.34. The van der Waals surface area contributed by atoms with Crippen molar-refractivity contribution in [3.05, 3.63) is 46.0 Å². The Balaban J connectivity index is 1.77. The number of likely N-dealkylation sites (tertiary alicyclic amines) is 1. The fourth-order valence-electron chi connectivity index (χ4n) is 4.44. The summed E-state index contributed by atoms with van der Waals surface area (Å²) in [5.74, 6) is -1.32. The van der Waals surface area contributed by atoms with Gasteiger partial charge in [-0.1, -0.05) is 12.8 Å². The van der Waals surface area contributed by atoms with E-state index in [1.807, 2.05) is 6.92 Å². The van der Waals surface area contributed by atoms with Gasteiger partial charge in [0, 0.05) is 18.4 Å². The average Bonchev–Trinajstić information content (AvgIpc) is 3.01. The van der Waals surface area contributed by atoms with Gasteiger partial charge in [0.1, 0.15) is 17.3 Å². The van der Waals surface area contributed by atoms with Crippen LogP contribution in [-0.4, -0.2) is 43.4 Å². The first-order chi connectivity index (χ1) is 12.5. The van der Waals surface area contributed by atoms with Gasteiger partial charge in [0.05, 0.1) is 0 Å². The summed E-state index contributed by atoms with van der Waals surface area (Å²) in [5.41, 5.74) is 0.914. The maximum atomic E-state index is 13.2. The van der Waals surface area contributed by atoms with Crippen molar-refractivity contribution in [3.63, 3.8) is 0 Å². The number of carboxylic acid groups (broad SMARTS) is 1. The number of aryl methyl sites for hydroxylation is 1. The van der Waals surface area contributed by atoms with Crippen LogP contribution >= 0.6 is 0 Å². The number of pyridine rings is 1. The first-order valence-electron chi connectivity index (χ1n) is 9.01. The molecule has 3 atom stereocenters. The largest absolute Gasteiger partial charge is 0.480 e. The predicted octanol–water partition coefficient (Wildman–Crippen LogP) is 1.86. The van der Waals surface area contributed by atoms with E-state index in [2.05, 4.69) is 4.98 Å². The van der Waals surface area contributed by atoms with Gasteiger partial charge in [0.15, 0.2) is 0 Å². The number of carbonyl (C=O) groups is 2. The van der Waals surface area contributed by atoms with Gasteiger partial charge in [-0.05, 0) is 49.8 Å². The number of carbonyl (C=O) groups excluding carboxylic acids is 1. The van der Waals surface area contributed by atoms with Crippen molar-refractivity contribution in [2.24, 2.45) is 5.92 Å². The number of aliphatic carboxylic acids is 1. The molecule has 7 heteroatoms. The summed E-state index contributed by atoms with van der Waals surface area (Å²) in [7, 11) is 0. The molecule has 2 aromatic rings. The van der Waals surface area contributed by atoms with E-state index in [4.69, 9.17) is 0 Å². The van der Waals surface area contributed by atoms with E-state index in [0.29, 0.717) is 12.1 Å². The smallest absolute Gasteiger partial charge is 0.326 e. The maximum Gasteiger partial charge on any atom is 0.326 e. The average molecular weight is 355 g/mol. The minimum absolute atomic E-state index is 0.0659. The molecule has 2 aromatic heterocycles. The quantitative estimate of drug-likeness (QED) is 0.888. The van der Waals surface area contributed by atoms with Gasteiger partial charge in [-0.2, -0.15) is 0 Å². The number of carboxylic acids is 1. The molecule has 1 aliphatic carbocycles. The zero-order valence-electron chi connectivity index (χ0n) is 14.6. The van der Waals surface area contributed by atoms with Crippen molar-refractivity contribution in [1.29, 1.82) is 0 Å². The van der Waals surface area contributed by atoms with Crippen LogP contribution in [0.3, 0.4) is 0 Å². The van der Waals surface area contributed by atoms with E-state index >= 15 is 0 Å². The SMILES string of the molecule is Cc1ccn2c(=O)c(C(=O)N3[C@@H]4CCCC[C@@H]4C[C@H]3C(=O)O)cnc2c1. The zero-order valence-corrected chi connectivity index (χ0v) is 14.6. The molecular formula is C19H21N3O4. The Bertz CT molecular complexity index is 951. The fraction of sp³-hybridized carbons (Fsp3) is 0.474. The lowest BCUT2D eigenvalue weighted by atomic mass is 9.84. The summed E-state index contributed by atoms with van der Waals surface area (Å²) in [4.78, 5) is 43.4. The Hall–Kier alpha value is -2.70. The number of aromatic nitrogens is 2. The molecule has 1 saturated heterocycles. The standard InChI is InChI=1S/C19H21N3O4/c1-11-6-7-21-16(8-11)20-10-13(17(21)23)18(24)22-14-5-3-2-4-12(14)9-15(22)19(25)26/h6-8,10,12,14-15H,2-5,9H2,1H3,(H,25,26)/t12-,14-,15+/m1/s1. The molecule has 2 fully saturated rings. The van der Waals surface area contributed by atoms with Gasteiger partial charge >= 0.3 is 5.97 Å². The lowest BCUT2D eigenvalue weighted by Crippen LogP contribution is -2.47. The molecule has 0 bridgehead atoms. The molecule has 1 saturated carbocycles. The molecule has 3 heterocycles. The monoisotopic (exact) mass is 355 g/mol. The molecule has 1 aliphatic heterocycles. The summed E-state index contributed by atoms with van der Waals surface area (Å²) in [6.45, 7) is 1.90. The molecule has 2 aliphatic rings. The van der Waals surface area contributed by atoms with E-state index in [9.17, 15) is 19.5 Å². The van der Waals surface area contributed by atoms with Crippen molar-refractivity contribution >= 4 is 17.5 Å². The lowest BCUT2D eigenvalue weighted by Gasteiger charge is -2.32. The Kier molecular flexibility index (Phi) is 4.01. The van der Waals surface area contributed by atoms with Crippen LogP contribution in [0.5, 0.6) is 0 Å². The zero-order chi connectivity index (χ0) is 18.4. The Labute approximate surface area is 150 Å². The number of hydrogen-bond donors (Lipinski definition) is 1. The summed E-state index contributed by atoms with van der Waals surface area (Å²) >= 11 is 0. The van der Waals surface area contributed by atoms with Crippen molar-refractivity contribution in [3.8, 4) is 0 Å². The van der Waals surface area contributed by atoms with Crippen LogP contribution in [-0.2, 0) is 4.79 Å². The van der Waals surface area contributed by atoms with Crippen molar-refractivity contribution in [1.82, 2.24) is 14.3 Å². The molecule has 136 valence electrons. The Morgan fingerprint density at radius 3 is 2.81 bits per heavy atom. The molecular weight excluding hydrogens is 334 g/mol. The highest BCUT2D eigenvalue weighted by atomic mass is 16.4. The number of hydrogen-bond acceptors (Lipinski definition) is 4. The van der Waals surface area contributed by atoms with Crippen LogP contribution < -0.4 is 5.56 Å². The number of rotatable bonds is 2.